The molecule has 0 spiro atoms. The third-order valence-corrected chi connectivity index (χ3v) is 4.41. The summed E-state index contributed by atoms with van der Waals surface area (Å²) in [7, 11) is 0. The number of halogens is 1. The summed E-state index contributed by atoms with van der Waals surface area (Å²) < 4.78 is 0. The van der Waals surface area contributed by atoms with E-state index < -0.39 is 0 Å². The highest BCUT2D eigenvalue weighted by Gasteiger charge is 2.18. The lowest BCUT2D eigenvalue weighted by atomic mass is 10.2. The summed E-state index contributed by atoms with van der Waals surface area (Å²) in [6.07, 6.45) is 0. The zero-order chi connectivity index (χ0) is 19.2. The Labute approximate surface area is 164 Å². The van der Waals surface area contributed by atoms with Gasteiger partial charge in [-0.25, -0.2) is 9.97 Å². The van der Waals surface area contributed by atoms with E-state index in [0.29, 0.717) is 41.1 Å². The highest BCUT2D eigenvalue weighted by Crippen LogP contribution is 2.23. The minimum Gasteiger partial charge on any atom is -0.333 e. The summed E-state index contributed by atoms with van der Waals surface area (Å²) in [6.45, 7) is 4.91. The first-order valence-electron chi connectivity index (χ1n) is 8.77. The molecule has 0 saturated carbocycles. The fraction of sp³-hybridized carbons (Fsp3) is 0.190. The van der Waals surface area contributed by atoms with Crippen LogP contribution in [0.5, 0.6) is 0 Å². The van der Waals surface area contributed by atoms with E-state index in [1.807, 2.05) is 62.4 Å². The maximum atomic E-state index is 13.0. The summed E-state index contributed by atoms with van der Waals surface area (Å²) in [6, 6.07) is 18.9. The molecule has 6 heteroatoms. The normalized spacial score (nSPS) is 10.5. The van der Waals surface area contributed by atoms with Crippen molar-refractivity contribution >= 4 is 29.1 Å². The van der Waals surface area contributed by atoms with Crippen LogP contribution >= 0.6 is 11.6 Å². The molecule has 1 aromatic heterocycles. The topological polar surface area (TPSA) is 58.1 Å². The van der Waals surface area contributed by atoms with E-state index in [-0.39, 0.29) is 5.91 Å². The number of rotatable bonds is 6. The molecular weight excluding hydrogens is 360 g/mol. The molecule has 0 fully saturated rings. The number of amides is 1. The van der Waals surface area contributed by atoms with Crippen molar-refractivity contribution < 1.29 is 4.79 Å². The van der Waals surface area contributed by atoms with Crippen molar-refractivity contribution in [1.82, 2.24) is 14.9 Å². The van der Waals surface area contributed by atoms with Crippen molar-refractivity contribution in [2.75, 3.05) is 11.9 Å². The fourth-order valence-corrected chi connectivity index (χ4v) is 2.89. The molecule has 1 heterocycles. The Morgan fingerprint density at radius 1 is 1.07 bits per heavy atom. The molecule has 27 heavy (non-hydrogen) atoms. The molecular formula is C21H21ClN4O. The summed E-state index contributed by atoms with van der Waals surface area (Å²) in [5, 5.41) is 3.65. The number of nitrogens with one attached hydrogen (secondary N) is 1. The number of aryl methyl sites for hydroxylation is 1. The molecule has 1 N–H and O–H groups in total. The van der Waals surface area contributed by atoms with Gasteiger partial charge in [0, 0.05) is 18.8 Å². The molecule has 0 radical (unpaired) electrons. The third kappa shape index (κ3) is 4.83. The van der Waals surface area contributed by atoms with E-state index in [0.717, 1.165) is 5.56 Å². The molecule has 0 aliphatic carbocycles. The van der Waals surface area contributed by atoms with E-state index in [1.165, 1.54) is 0 Å². The molecule has 1 amide bonds. The quantitative estimate of drug-likeness (QED) is 0.664. The molecule has 5 nitrogen and oxygen atoms in total. The molecule has 0 aliphatic rings. The van der Waals surface area contributed by atoms with Crippen LogP contribution in [0, 0.1) is 6.92 Å². The van der Waals surface area contributed by atoms with Crippen LogP contribution in [0.25, 0.3) is 0 Å². The number of carbonyl (C=O) groups is 1. The second kappa shape index (κ2) is 8.64. The Morgan fingerprint density at radius 3 is 2.48 bits per heavy atom. The summed E-state index contributed by atoms with van der Waals surface area (Å²) in [5.41, 5.74) is 2.83. The number of hydrogen-bond donors (Lipinski definition) is 1. The smallest absolute Gasteiger partial charge is 0.272 e. The van der Waals surface area contributed by atoms with Gasteiger partial charge in [-0.1, -0.05) is 54.1 Å². The van der Waals surface area contributed by atoms with Gasteiger partial charge in [0.1, 0.15) is 5.69 Å². The number of benzene rings is 2. The first kappa shape index (κ1) is 18.9. The average Bonchev–Trinajstić information content (AvgIpc) is 2.68. The number of carbonyl (C=O) groups excluding carboxylic acids is 1. The molecule has 0 aliphatic heterocycles. The fourth-order valence-electron chi connectivity index (χ4n) is 2.71. The summed E-state index contributed by atoms with van der Waals surface area (Å²) >= 11 is 6.19. The van der Waals surface area contributed by atoms with Crippen LogP contribution < -0.4 is 5.32 Å². The average molecular weight is 381 g/mol. The Morgan fingerprint density at radius 2 is 1.78 bits per heavy atom. The Hall–Kier alpha value is -2.92. The molecule has 138 valence electrons. The second-order valence-corrected chi connectivity index (χ2v) is 6.54. The van der Waals surface area contributed by atoms with Crippen LogP contribution in [-0.2, 0) is 6.54 Å². The van der Waals surface area contributed by atoms with Gasteiger partial charge in [0.25, 0.3) is 5.91 Å². The maximum absolute atomic E-state index is 13.0. The van der Waals surface area contributed by atoms with Crippen molar-refractivity contribution in [3.63, 3.8) is 0 Å². The third-order valence-electron chi connectivity index (χ3n) is 4.08. The van der Waals surface area contributed by atoms with Crippen LogP contribution in [-0.4, -0.2) is 27.3 Å². The highest BCUT2D eigenvalue weighted by molar-refractivity contribution is 6.33. The standard InChI is InChI=1S/C21H21ClN4O/c1-3-26(14-16-9-5-4-6-10-16)20(27)19-13-15(2)23-21(25-19)24-18-12-8-7-11-17(18)22/h4-13H,3,14H2,1-2H3,(H,23,24,25). The monoisotopic (exact) mass is 380 g/mol. The number of aromatic nitrogens is 2. The summed E-state index contributed by atoms with van der Waals surface area (Å²) in [4.78, 5) is 23.5. The first-order chi connectivity index (χ1) is 13.1. The zero-order valence-electron chi connectivity index (χ0n) is 15.3. The van der Waals surface area contributed by atoms with Crippen LogP contribution in [0.15, 0.2) is 60.7 Å². The minimum absolute atomic E-state index is 0.130. The molecule has 3 rings (SSSR count). The van der Waals surface area contributed by atoms with Crippen molar-refractivity contribution in [2.45, 2.75) is 20.4 Å². The van der Waals surface area contributed by atoms with E-state index in [1.54, 1.807) is 17.0 Å². The van der Waals surface area contributed by atoms with E-state index in [9.17, 15) is 4.79 Å². The first-order valence-corrected chi connectivity index (χ1v) is 9.15. The lowest BCUT2D eigenvalue weighted by molar-refractivity contribution is 0.0746. The van der Waals surface area contributed by atoms with Gasteiger partial charge in [-0.3, -0.25) is 4.79 Å². The van der Waals surface area contributed by atoms with Gasteiger partial charge in [0.2, 0.25) is 5.95 Å². The van der Waals surface area contributed by atoms with Crippen LogP contribution in [0.3, 0.4) is 0 Å². The van der Waals surface area contributed by atoms with Crippen LogP contribution in [0.1, 0.15) is 28.7 Å². The molecule has 0 saturated heterocycles. The van der Waals surface area contributed by atoms with Crippen molar-refractivity contribution in [3.8, 4) is 0 Å². The lowest BCUT2D eigenvalue weighted by Crippen LogP contribution is -2.31. The van der Waals surface area contributed by atoms with Gasteiger partial charge in [-0.15, -0.1) is 0 Å². The second-order valence-electron chi connectivity index (χ2n) is 6.13. The maximum Gasteiger partial charge on any atom is 0.272 e. The van der Waals surface area contributed by atoms with Gasteiger partial charge in [0.05, 0.1) is 10.7 Å². The molecule has 2 aromatic carbocycles. The van der Waals surface area contributed by atoms with Gasteiger partial charge >= 0.3 is 0 Å². The molecule has 0 unspecified atom stereocenters. The Bertz CT molecular complexity index is 930. The molecule has 3 aromatic rings. The van der Waals surface area contributed by atoms with Gasteiger partial charge in [-0.05, 0) is 37.6 Å². The van der Waals surface area contributed by atoms with Crippen LogP contribution in [0.2, 0.25) is 5.02 Å². The van der Waals surface area contributed by atoms with E-state index in [4.69, 9.17) is 11.6 Å². The molecule has 0 atom stereocenters. The van der Waals surface area contributed by atoms with Gasteiger partial charge in [-0.2, -0.15) is 0 Å². The van der Waals surface area contributed by atoms with Crippen LogP contribution in [0.4, 0.5) is 11.6 Å². The van der Waals surface area contributed by atoms with E-state index in [2.05, 4.69) is 15.3 Å². The van der Waals surface area contributed by atoms with Gasteiger partial charge < -0.3 is 10.2 Å². The van der Waals surface area contributed by atoms with Crippen molar-refractivity contribution in [1.29, 1.82) is 0 Å². The highest BCUT2D eigenvalue weighted by atomic mass is 35.5. The zero-order valence-corrected chi connectivity index (χ0v) is 16.1. The Kier molecular flexibility index (Phi) is 6.04. The number of hydrogen-bond acceptors (Lipinski definition) is 4. The minimum atomic E-state index is -0.130. The van der Waals surface area contributed by atoms with Gasteiger partial charge in [0.15, 0.2) is 0 Å². The predicted octanol–water partition coefficient (Wildman–Crippen LogP) is 4.84. The SMILES string of the molecule is CCN(Cc1ccccc1)C(=O)c1cc(C)nc(Nc2ccccc2Cl)n1. The Balaban J connectivity index is 1.83. The number of nitrogens with zero attached hydrogens (tertiary/aromatic N) is 3. The molecule has 0 bridgehead atoms. The largest absolute Gasteiger partial charge is 0.333 e. The summed E-state index contributed by atoms with van der Waals surface area (Å²) in [5.74, 6) is 0.219. The number of anilines is 2. The lowest BCUT2D eigenvalue weighted by Gasteiger charge is -2.21. The predicted molar refractivity (Wildman–Crippen MR) is 108 cm³/mol. The van der Waals surface area contributed by atoms with Crippen molar-refractivity contribution in [3.05, 3.63) is 82.6 Å². The van der Waals surface area contributed by atoms with Crippen molar-refractivity contribution in [2.24, 2.45) is 0 Å². The van der Waals surface area contributed by atoms with E-state index >= 15 is 0 Å². The number of para-hydroxylation sites is 1.